The van der Waals surface area contributed by atoms with Gasteiger partial charge in [-0.05, 0) is 43.4 Å². The maximum absolute atomic E-state index is 14.1. The van der Waals surface area contributed by atoms with Crippen LogP contribution in [0.5, 0.6) is 0 Å². The first-order chi connectivity index (χ1) is 9.97. The zero-order valence-electron chi connectivity index (χ0n) is 12.9. The van der Waals surface area contributed by atoms with Crippen LogP contribution >= 0.6 is 0 Å². The van der Waals surface area contributed by atoms with Crippen LogP contribution in [-0.2, 0) is 4.79 Å². The van der Waals surface area contributed by atoms with Crippen LogP contribution in [0, 0.1) is 17.2 Å². The highest BCUT2D eigenvalue weighted by Gasteiger charge is 2.41. The van der Waals surface area contributed by atoms with Gasteiger partial charge in [0, 0.05) is 12.5 Å². The highest BCUT2D eigenvalue weighted by atomic mass is 19.1. The molecule has 1 aliphatic rings. The Morgan fingerprint density at radius 3 is 2.71 bits per heavy atom. The van der Waals surface area contributed by atoms with E-state index in [1.807, 2.05) is 0 Å². The Morgan fingerprint density at radius 1 is 1.43 bits per heavy atom. The first-order valence-electron chi connectivity index (χ1n) is 7.73. The maximum atomic E-state index is 14.1. The van der Waals surface area contributed by atoms with E-state index >= 15 is 0 Å². The fraction of sp³-hybridized carbons (Fsp3) is 0.588. The predicted molar refractivity (Wildman–Crippen MR) is 83.5 cm³/mol. The number of halogens is 1. The molecule has 21 heavy (non-hydrogen) atoms. The summed E-state index contributed by atoms with van der Waals surface area (Å²) < 4.78 is 14.1. The molecule has 0 aliphatic heterocycles. The normalized spacial score (nSPS) is 20.5. The summed E-state index contributed by atoms with van der Waals surface area (Å²) in [5, 5.41) is 0. The number of anilines is 1. The van der Waals surface area contributed by atoms with E-state index < -0.39 is 0 Å². The molecule has 1 aliphatic carbocycles. The van der Waals surface area contributed by atoms with Gasteiger partial charge in [-0.3, -0.25) is 4.79 Å². The van der Waals surface area contributed by atoms with Gasteiger partial charge in [-0.15, -0.1) is 0 Å². The molecule has 1 aromatic rings. The van der Waals surface area contributed by atoms with Crippen molar-refractivity contribution in [3.63, 3.8) is 0 Å². The second kappa shape index (κ2) is 6.56. The lowest BCUT2D eigenvalue weighted by molar-refractivity contribution is -0.124. The Kier molecular flexibility index (Phi) is 4.99. The lowest BCUT2D eigenvalue weighted by atomic mass is 9.81. The van der Waals surface area contributed by atoms with Gasteiger partial charge in [0.2, 0.25) is 5.91 Å². The van der Waals surface area contributed by atoms with Gasteiger partial charge in [-0.25, -0.2) is 4.39 Å². The van der Waals surface area contributed by atoms with E-state index in [9.17, 15) is 9.18 Å². The molecule has 1 saturated carbocycles. The third kappa shape index (κ3) is 3.43. The zero-order chi connectivity index (χ0) is 15.5. The summed E-state index contributed by atoms with van der Waals surface area (Å²) in [6, 6.07) is 6.48. The standard InChI is InChI=1S/C17H25FN2O/c1-17(2)10-5-7-13(17)16(21)20(12-6-11-19)15-9-4-3-8-14(15)18/h3-4,8-9,13H,5-7,10-12,19H2,1-2H3. The minimum Gasteiger partial charge on any atom is -0.330 e. The number of rotatable bonds is 5. The molecule has 0 aromatic heterocycles. The largest absolute Gasteiger partial charge is 0.330 e. The Labute approximate surface area is 126 Å². The van der Waals surface area contributed by atoms with Crippen molar-refractivity contribution >= 4 is 11.6 Å². The van der Waals surface area contributed by atoms with E-state index in [-0.39, 0.29) is 23.1 Å². The van der Waals surface area contributed by atoms with Crippen LogP contribution in [0.15, 0.2) is 24.3 Å². The van der Waals surface area contributed by atoms with Crippen molar-refractivity contribution in [2.45, 2.75) is 39.5 Å². The molecule has 0 saturated heterocycles. The summed E-state index contributed by atoms with van der Waals surface area (Å²) in [7, 11) is 0. The summed E-state index contributed by atoms with van der Waals surface area (Å²) >= 11 is 0. The summed E-state index contributed by atoms with van der Waals surface area (Å²) in [4.78, 5) is 14.5. The molecule has 116 valence electrons. The number of hydrogen-bond acceptors (Lipinski definition) is 2. The summed E-state index contributed by atoms with van der Waals surface area (Å²) in [5.74, 6) is -0.343. The third-order valence-electron chi connectivity index (χ3n) is 4.55. The first-order valence-corrected chi connectivity index (χ1v) is 7.73. The van der Waals surface area contributed by atoms with Crippen LogP contribution in [-0.4, -0.2) is 19.0 Å². The number of para-hydroxylation sites is 1. The minimum absolute atomic E-state index is 0.0106. The predicted octanol–water partition coefficient (Wildman–Crippen LogP) is 3.33. The number of amides is 1. The fourth-order valence-corrected chi connectivity index (χ4v) is 3.24. The molecular formula is C17H25FN2O. The second-order valence-electron chi connectivity index (χ2n) is 6.52. The van der Waals surface area contributed by atoms with Crippen molar-refractivity contribution in [1.29, 1.82) is 0 Å². The monoisotopic (exact) mass is 292 g/mol. The van der Waals surface area contributed by atoms with Crippen molar-refractivity contribution in [3.8, 4) is 0 Å². The van der Waals surface area contributed by atoms with Crippen LogP contribution in [0.1, 0.15) is 39.5 Å². The molecular weight excluding hydrogens is 267 g/mol. The molecule has 2 rings (SSSR count). The molecule has 0 radical (unpaired) electrons. The van der Waals surface area contributed by atoms with Gasteiger partial charge in [0.25, 0.3) is 0 Å². The van der Waals surface area contributed by atoms with Crippen molar-refractivity contribution in [1.82, 2.24) is 0 Å². The van der Waals surface area contributed by atoms with Crippen LogP contribution in [0.3, 0.4) is 0 Å². The average Bonchev–Trinajstić information content (AvgIpc) is 2.80. The van der Waals surface area contributed by atoms with Crippen LogP contribution in [0.2, 0.25) is 0 Å². The van der Waals surface area contributed by atoms with E-state index in [1.54, 1.807) is 23.1 Å². The highest BCUT2D eigenvalue weighted by molar-refractivity contribution is 5.95. The van der Waals surface area contributed by atoms with Crippen molar-refractivity contribution in [3.05, 3.63) is 30.1 Å². The van der Waals surface area contributed by atoms with Gasteiger partial charge in [0.05, 0.1) is 5.69 Å². The van der Waals surface area contributed by atoms with Crippen molar-refractivity contribution in [2.24, 2.45) is 17.1 Å². The quantitative estimate of drug-likeness (QED) is 0.904. The molecule has 2 N–H and O–H groups in total. The van der Waals surface area contributed by atoms with Gasteiger partial charge >= 0.3 is 0 Å². The van der Waals surface area contributed by atoms with Crippen LogP contribution in [0.25, 0.3) is 0 Å². The van der Waals surface area contributed by atoms with E-state index in [0.717, 1.165) is 19.3 Å². The number of nitrogens with zero attached hydrogens (tertiary/aromatic N) is 1. The number of carbonyl (C=O) groups is 1. The number of benzene rings is 1. The summed E-state index contributed by atoms with van der Waals surface area (Å²) in [6.07, 6.45) is 3.67. The lowest BCUT2D eigenvalue weighted by Crippen LogP contribution is -2.41. The molecule has 1 unspecified atom stereocenters. The number of hydrogen-bond donors (Lipinski definition) is 1. The van der Waals surface area contributed by atoms with E-state index in [0.29, 0.717) is 25.2 Å². The first kappa shape index (κ1) is 16.0. The van der Waals surface area contributed by atoms with E-state index in [4.69, 9.17) is 5.73 Å². The van der Waals surface area contributed by atoms with Crippen LogP contribution < -0.4 is 10.6 Å². The highest BCUT2D eigenvalue weighted by Crippen LogP contribution is 2.44. The molecule has 0 heterocycles. The lowest BCUT2D eigenvalue weighted by Gasteiger charge is -2.32. The van der Waals surface area contributed by atoms with Gasteiger partial charge in [-0.1, -0.05) is 32.4 Å². The molecule has 1 fully saturated rings. The number of carbonyl (C=O) groups excluding carboxylic acids is 1. The Hall–Kier alpha value is -1.42. The Morgan fingerprint density at radius 2 is 2.14 bits per heavy atom. The van der Waals surface area contributed by atoms with Gasteiger partial charge in [0.1, 0.15) is 5.82 Å². The third-order valence-corrected chi connectivity index (χ3v) is 4.55. The molecule has 1 amide bonds. The molecule has 0 spiro atoms. The Bertz CT molecular complexity index is 501. The molecule has 3 nitrogen and oxygen atoms in total. The fourth-order valence-electron chi connectivity index (χ4n) is 3.24. The topological polar surface area (TPSA) is 46.3 Å². The zero-order valence-corrected chi connectivity index (χ0v) is 12.9. The average molecular weight is 292 g/mol. The molecule has 1 aromatic carbocycles. The smallest absolute Gasteiger partial charge is 0.230 e. The molecule has 1 atom stereocenters. The van der Waals surface area contributed by atoms with E-state index in [2.05, 4.69) is 13.8 Å². The van der Waals surface area contributed by atoms with Crippen molar-refractivity contribution in [2.75, 3.05) is 18.0 Å². The maximum Gasteiger partial charge on any atom is 0.230 e. The minimum atomic E-state index is -0.348. The molecule has 0 bridgehead atoms. The Balaban J connectivity index is 2.28. The number of nitrogens with two attached hydrogens (primary N) is 1. The summed E-state index contributed by atoms with van der Waals surface area (Å²) in [6.45, 7) is 5.23. The van der Waals surface area contributed by atoms with Crippen molar-refractivity contribution < 1.29 is 9.18 Å². The summed E-state index contributed by atoms with van der Waals surface area (Å²) in [5.41, 5.74) is 5.93. The second-order valence-corrected chi connectivity index (χ2v) is 6.52. The van der Waals surface area contributed by atoms with Gasteiger partial charge in [0.15, 0.2) is 0 Å². The van der Waals surface area contributed by atoms with E-state index in [1.165, 1.54) is 6.07 Å². The van der Waals surface area contributed by atoms with Crippen LogP contribution in [0.4, 0.5) is 10.1 Å². The van der Waals surface area contributed by atoms with Gasteiger partial charge < -0.3 is 10.6 Å². The van der Waals surface area contributed by atoms with Gasteiger partial charge in [-0.2, -0.15) is 0 Å². The molecule has 4 heteroatoms. The SMILES string of the molecule is CC1(C)CCCC1C(=O)N(CCCN)c1ccccc1F.